The van der Waals surface area contributed by atoms with Gasteiger partial charge < -0.3 is 5.73 Å². The molecule has 14 heteroatoms. The van der Waals surface area contributed by atoms with Gasteiger partial charge in [-0.15, -0.1) is 0 Å². The molecule has 2 aromatic carbocycles. The van der Waals surface area contributed by atoms with E-state index in [-0.39, 0.29) is 18.4 Å². The number of nitro groups is 1. The molecule has 0 saturated heterocycles. The molecule has 0 amide bonds. The van der Waals surface area contributed by atoms with E-state index >= 15 is 0 Å². The molecule has 0 aliphatic rings. The Balaban J connectivity index is 0.000000382. The van der Waals surface area contributed by atoms with Gasteiger partial charge in [0.2, 0.25) is 6.54 Å². The number of rotatable bonds is 9. The van der Waals surface area contributed by atoms with Crippen LogP contribution in [0.1, 0.15) is 64.8 Å². The van der Waals surface area contributed by atoms with Crippen LogP contribution in [0, 0.1) is 21.7 Å². The van der Waals surface area contributed by atoms with Crippen LogP contribution in [-0.2, 0) is 22.0 Å². The van der Waals surface area contributed by atoms with E-state index in [0.29, 0.717) is 20.1 Å². The number of hydrogen-bond acceptors (Lipinski definition) is 5. The smallest absolute Gasteiger partial charge is 0.224 e. The molecule has 38 heavy (non-hydrogen) atoms. The zero-order valence-corrected chi connectivity index (χ0v) is 26.8. The first-order chi connectivity index (χ1) is 17.3. The Kier molecular flexibility index (Phi) is 13.8. The predicted molar refractivity (Wildman–Crippen MR) is 157 cm³/mol. The Labute approximate surface area is 244 Å². The summed E-state index contributed by atoms with van der Waals surface area (Å²) in [6.07, 6.45) is 0. The number of nitrogens with one attached hydrogen (secondary N) is 2. The number of hydrogen-bond donors (Lipinski definition) is 3. The molecule has 0 unspecified atom stereocenters. The third kappa shape index (κ3) is 12.3. The summed E-state index contributed by atoms with van der Waals surface area (Å²) in [6.45, 7) is 10.6. The van der Waals surface area contributed by atoms with Gasteiger partial charge >= 0.3 is 0 Å². The Bertz CT molecular complexity index is 1120. The molecular weight excluding hydrogens is 670 g/mol. The molecule has 4 atom stereocenters. The monoisotopic (exact) mass is 702 g/mol. The van der Waals surface area contributed by atoms with Gasteiger partial charge in [-0.1, -0.05) is 31.9 Å². The van der Waals surface area contributed by atoms with Crippen molar-refractivity contribution in [3.05, 3.63) is 78.2 Å². The maximum atomic E-state index is 13.4. The molecule has 0 spiro atoms. The van der Waals surface area contributed by atoms with Gasteiger partial charge in [0.1, 0.15) is 17.7 Å². The van der Waals surface area contributed by atoms with Crippen LogP contribution < -0.4 is 15.2 Å². The summed E-state index contributed by atoms with van der Waals surface area (Å²) >= 11 is 6.37. The molecule has 0 saturated carbocycles. The quantitative estimate of drug-likeness (QED) is 0.232. The van der Waals surface area contributed by atoms with Crippen LogP contribution in [0.25, 0.3) is 0 Å². The lowest BCUT2D eigenvalue weighted by molar-refractivity contribution is -0.483. The Morgan fingerprint density at radius 3 is 1.53 bits per heavy atom. The summed E-state index contributed by atoms with van der Waals surface area (Å²) < 4.78 is 56.6. The highest BCUT2D eigenvalue weighted by molar-refractivity contribution is 9.10. The second kappa shape index (κ2) is 15.0. The minimum Gasteiger partial charge on any atom is -0.329 e. The van der Waals surface area contributed by atoms with Crippen molar-refractivity contribution in [1.29, 1.82) is 0 Å². The number of nitrogens with two attached hydrogens (primary N) is 1. The number of halogens is 4. The molecule has 8 nitrogen and oxygen atoms in total. The van der Waals surface area contributed by atoms with E-state index in [0.717, 1.165) is 0 Å². The van der Waals surface area contributed by atoms with Crippen molar-refractivity contribution in [3.63, 3.8) is 0 Å². The lowest BCUT2D eigenvalue weighted by atomic mass is 10.1. The molecule has 2 rings (SSSR count). The lowest BCUT2D eigenvalue weighted by Gasteiger charge is -2.23. The summed E-state index contributed by atoms with van der Waals surface area (Å²) in [4.78, 5) is 10.2. The highest BCUT2D eigenvalue weighted by Gasteiger charge is 2.27. The van der Waals surface area contributed by atoms with Gasteiger partial charge in [0.15, 0.2) is 0 Å². The Morgan fingerprint density at radius 2 is 1.21 bits per heavy atom. The topological polar surface area (TPSA) is 127 Å². The molecule has 2 aromatic rings. The molecule has 4 N–H and O–H groups in total. The summed E-state index contributed by atoms with van der Waals surface area (Å²) in [6, 6.07) is 7.41. The van der Waals surface area contributed by atoms with Gasteiger partial charge in [-0.05, 0) is 89.1 Å². The molecule has 0 heterocycles. The van der Waals surface area contributed by atoms with Crippen LogP contribution in [0.3, 0.4) is 0 Å². The number of nitrogens with zero attached hydrogens (tertiary/aromatic N) is 1. The summed E-state index contributed by atoms with van der Waals surface area (Å²) in [5.41, 5.74) is 6.72. The second-order valence-electron chi connectivity index (χ2n) is 10.3. The predicted octanol–water partition coefficient (Wildman–Crippen LogP) is 5.60. The van der Waals surface area contributed by atoms with E-state index < -0.39 is 54.8 Å². The molecule has 0 fully saturated rings. The summed E-state index contributed by atoms with van der Waals surface area (Å²) in [5.74, 6) is -0.854. The van der Waals surface area contributed by atoms with Gasteiger partial charge in [-0.3, -0.25) is 10.1 Å². The maximum absolute atomic E-state index is 13.4. The third-order valence-corrected chi connectivity index (χ3v) is 8.89. The van der Waals surface area contributed by atoms with E-state index in [1.165, 1.54) is 24.3 Å². The molecule has 0 bridgehead atoms. The highest BCUT2D eigenvalue weighted by Crippen LogP contribution is 2.23. The fourth-order valence-electron chi connectivity index (χ4n) is 2.78. The van der Waals surface area contributed by atoms with E-state index in [4.69, 9.17) is 5.73 Å². The van der Waals surface area contributed by atoms with E-state index in [1.807, 2.05) is 20.8 Å². The maximum Gasteiger partial charge on any atom is 0.224 e. The lowest BCUT2D eigenvalue weighted by Crippen LogP contribution is -2.38. The fourth-order valence-corrected chi connectivity index (χ4v) is 5.41. The van der Waals surface area contributed by atoms with Crippen molar-refractivity contribution < 1.29 is 22.1 Å². The molecule has 214 valence electrons. The van der Waals surface area contributed by atoms with E-state index in [2.05, 4.69) is 41.3 Å². The largest absolute Gasteiger partial charge is 0.329 e. The van der Waals surface area contributed by atoms with Crippen molar-refractivity contribution in [3.8, 4) is 0 Å². The Hall–Kier alpha value is -1.16. The highest BCUT2D eigenvalue weighted by atomic mass is 79.9. The van der Waals surface area contributed by atoms with Gasteiger partial charge in [0.05, 0.1) is 37.5 Å². The Morgan fingerprint density at radius 1 is 0.842 bits per heavy atom. The minimum absolute atomic E-state index is 0.248. The normalized spacial score (nSPS) is 15.1. The average Bonchev–Trinajstić information content (AvgIpc) is 2.74. The molecular formula is C24H34Br2F2N4O4S2. The molecule has 0 aromatic heterocycles. The molecule has 0 radical (unpaired) electrons. The first-order valence-electron chi connectivity index (χ1n) is 11.4. The van der Waals surface area contributed by atoms with Crippen molar-refractivity contribution in [2.75, 3.05) is 13.1 Å². The van der Waals surface area contributed by atoms with E-state index in [9.17, 15) is 27.3 Å². The van der Waals surface area contributed by atoms with Gasteiger partial charge in [0, 0.05) is 20.4 Å². The zero-order valence-electron chi connectivity index (χ0n) is 22.0. The van der Waals surface area contributed by atoms with Crippen LogP contribution in [0.5, 0.6) is 0 Å². The van der Waals surface area contributed by atoms with Crippen LogP contribution in [-0.4, -0.2) is 35.9 Å². The molecule has 0 aliphatic heterocycles. The standard InChI is InChI=1S/C12H16BrFN2O3S.C12H18BrFN2OS/c1-12(2,3)20(19)15-11(7-16(17)18)8-4-9(13)6-10(14)5-8;1-12(2,3)18(17)16-11(7-15)8-4-9(13)6-10(14)5-8/h4-6,11,15H,7H2,1-3H3;4-6,11,16H,7,15H2,1-3H3/t11-,20+;11-,18+/m11/s1. The number of benzene rings is 2. The summed E-state index contributed by atoms with van der Waals surface area (Å²) in [5, 5.41) is 10.7. The zero-order chi connectivity index (χ0) is 29.4. The van der Waals surface area contributed by atoms with Gasteiger partial charge in [-0.2, -0.15) is 0 Å². The third-order valence-electron chi connectivity index (χ3n) is 4.75. The molecule has 0 aliphatic carbocycles. The van der Waals surface area contributed by atoms with Crippen molar-refractivity contribution in [1.82, 2.24) is 9.44 Å². The second-order valence-corrected chi connectivity index (χ2v) is 16.1. The van der Waals surface area contributed by atoms with E-state index in [1.54, 1.807) is 32.9 Å². The van der Waals surface area contributed by atoms with Crippen LogP contribution >= 0.6 is 31.9 Å². The first-order valence-corrected chi connectivity index (χ1v) is 15.3. The SMILES string of the molecule is CC(C)(C)[S@](=O)N[C@H](CN)c1cc(F)cc(Br)c1.CC(C)(C)[S@](=O)N[C@H](C[N+](=O)[O-])c1cc(F)cc(Br)c1. The summed E-state index contributed by atoms with van der Waals surface area (Å²) in [7, 11) is -2.74. The first kappa shape index (κ1) is 34.9. The fraction of sp³-hybridized carbons (Fsp3) is 0.500. The van der Waals surface area contributed by atoms with Crippen molar-refractivity contribution in [2.45, 2.75) is 63.1 Å². The van der Waals surface area contributed by atoms with Gasteiger partial charge in [-0.25, -0.2) is 26.6 Å². The van der Waals surface area contributed by atoms with Crippen molar-refractivity contribution >= 4 is 53.8 Å². The minimum atomic E-state index is -1.49. The average molecular weight is 704 g/mol. The van der Waals surface area contributed by atoms with Crippen LogP contribution in [0.15, 0.2) is 45.3 Å². The van der Waals surface area contributed by atoms with Crippen LogP contribution in [0.4, 0.5) is 8.78 Å². The van der Waals surface area contributed by atoms with Gasteiger partial charge in [0.25, 0.3) is 0 Å². The van der Waals surface area contributed by atoms with Crippen molar-refractivity contribution in [2.24, 2.45) is 5.73 Å². The van der Waals surface area contributed by atoms with Crippen LogP contribution in [0.2, 0.25) is 0 Å².